The van der Waals surface area contributed by atoms with Crippen molar-refractivity contribution in [3.63, 3.8) is 0 Å². The number of aromatic nitrogens is 3. The average molecular weight is 489 g/mol. The number of carbonyl (C=O) groups is 1. The molecule has 4 aromatic rings. The number of aromatic amines is 1. The minimum atomic E-state index is -0.264. The van der Waals surface area contributed by atoms with E-state index in [1.165, 1.54) is 6.33 Å². The summed E-state index contributed by atoms with van der Waals surface area (Å²) in [4.78, 5) is 25.5. The van der Waals surface area contributed by atoms with E-state index in [1.54, 1.807) is 25.4 Å². The fraction of sp³-hybridized carbons (Fsp3) is 0.296. The third kappa shape index (κ3) is 4.81. The first-order valence-electron chi connectivity index (χ1n) is 11.8. The summed E-state index contributed by atoms with van der Waals surface area (Å²) in [5.74, 6) is 1.76. The van der Waals surface area contributed by atoms with Gasteiger partial charge in [0.1, 0.15) is 29.3 Å². The summed E-state index contributed by atoms with van der Waals surface area (Å²) in [6.07, 6.45) is 3.21. The van der Waals surface area contributed by atoms with Crippen LogP contribution in [0.2, 0.25) is 0 Å². The molecule has 0 radical (unpaired) electrons. The Morgan fingerprint density at radius 3 is 2.75 bits per heavy atom. The molecule has 9 nitrogen and oxygen atoms in total. The predicted molar refractivity (Wildman–Crippen MR) is 135 cm³/mol. The summed E-state index contributed by atoms with van der Waals surface area (Å²) in [7, 11) is 1.63. The van der Waals surface area contributed by atoms with Crippen molar-refractivity contribution < 1.29 is 24.1 Å². The molecule has 0 aliphatic carbocycles. The van der Waals surface area contributed by atoms with Crippen molar-refractivity contribution in [2.75, 3.05) is 25.6 Å². The molecule has 0 bridgehead atoms. The van der Waals surface area contributed by atoms with Crippen LogP contribution in [0.15, 0.2) is 61.1 Å². The number of benzene rings is 2. The smallest absolute Gasteiger partial charge is 0.195 e. The number of aliphatic hydroxyl groups is 1. The number of rotatable bonds is 8. The van der Waals surface area contributed by atoms with Crippen LogP contribution in [0.5, 0.6) is 11.5 Å². The number of H-pyrrole nitrogens is 1. The van der Waals surface area contributed by atoms with Gasteiger partial charge in [-0.2, -0.15) is 0 Å². The first-order valence-corrected chi connectivity index (χ1v) is 11.8. The average Bonchev–Trinajstić information content (AvgIpc) is 3.34. The molecule has 3 N–H and O–H groups in total. The number of para-hydroxylation sites is 1. The van der Waals surface area contributed by atoms with Crippen molar-refractivity contribution in [1.82, 2.24) is 15.0 Å². The molecule has 186 valence electrons. The molecule has 0 amide bonds. The molecule has 5 rings (SSSR count). The topological polar surface area (TPSA) is 119 Å². The number of nitrogens with zero attached hydrogens (tertiary/aromatic N) is 2. The summed E-state index contributed by atoms with van der Waals surface area (Å²) in [5, 5.41) is 13.4. The van der Waals surface area contributed by atoms with Crippen LogP contribution in [0.4, 0.5) is 5.82 Å². The molecule has 2 aromatic heterocycles. The van der Waals surface area contributed by atoms with Gasteiger partial charge in [0.15, 0.2) is 5.78 Å². The number of hydrogen-bond acceptors (Lipinski definition) is 8. The minimum Gasteiger partial charge on any atom is -0.457 e. The van der Waals surface area contributed by atoms with Gasteiger partial charge in [-0.15, -0.1) is 0 Å². The van der Waals surface area contributed by atoms with E-state index in [0.717, 1.165) is 11.3 Å². The number of hydrogen-bond donors (Lipinski definition) is 3. The van der Waals surface area contributed by atoms with Crippen molar-refractivity contribution in [2.45, 2.75) is 31.6 Å². The minimum absolute atomic E-state index is 0.0602. The Morgan fingerprint density at radius 2 is 2.00 bits per heavy atom. The van der Waals surface area contributed by atoms with Crippen molar-refractivity contribution in [3.05, 3.63) is 77.7 Å². The number of anilines is 1. The van der Waals surface area contributed by atoms with E-state index in [1.807, 2.05) is 43.3 Å². The van der Waals surface area contributed by atoms with Gasteiger partial charge in [-0.3, -0.25) is 4.79 Å². The van der Waals surface area contributed by atoms with Crippen LogP contribution in [-0.4, -0.2) is 64.4 Å². The SMILES string of the molecule is COC1CC(CO)OCC1Nc1ncnc2[nH]cc(C(=O)c3ccc(Oc4ccccc4)cc3C)c12. The molecule has 1 aliphatic rings. The number of methoxy groups -OCH3 is 1. The maximum absolute atomic E-state index is 13.6. The van der Waals surface area contributed by atoms with Crippen molar-refractivity contribution in [3.8, 4) is 11.5 Å². The van der Waals surface area contributed by atoms with Crippen LogP contribution >= 0.6 is 0 Å². The van der Waals surface area contributed by atoms with Gasteiger partial charge in [0.05, 0.1) is 42.4 Å². The first kappa shape index (κ1) is 23.9. The molecular formula is C27H28N4O5. The molecule has 3 atom stereocenters. The third-order valence-electron chi connectivity index (χ3n) is 6.42. The summed E-state index contributed by atoms with van der Waals surface area (Å²) in [6.45, 7) is 2.16. The lowest BCUT2D eigenvalue weighted by Crippen LogP contribution is -2.47. The second kappa shape index (κ2) is 10.4. The second-order valence-electron chi connectivity index (χ2n) is 8.77. The highest BCUT2D eigenvalue weighted by atomic mass is 16.5. The maximum atomic E-state index is 13.6. The largest absolute Gasteiger partial charge is 0.457 e. The molecule has 3 heterocycles. The van der Waals surface area contributed by atoms with E-state index in [4.69, 9.17) is 14.2 Å². The quantitative estimate of drug-likeness (QED) is 0.320. The number of ether oxygens (including phenoxy) is 3. The molecular weight excluding hydrogens is 460 g/mol. The van der Waals surface area contributed by atoms with Gasteiger partial charge in [0.2, 0.25) is 0 Å². The molecule has 0 saturated carbocycles. The van der Waals surface area contributed by atoms with Gasteiger partial charge >= 0.3 is 0 Å². The van der Waals surface area contributed by atoms with Gasteiger partial charge in [-0.1, -0.05) is 18.2 Å². The second-order valence-corrected chi connectivity index (χ2v) is 8.77. The molecule has 3 unspecified atom stereocenters. The first-order chi connectivity index (χ1) is 17.6. The predicted octanol–water partition coefficient (Wildman–Crippen LogP) is 3.87. The highest BCUT2D eigenvalue weighted by molar-refractivity contribution is 6.18. The monoisotopic (exact) mass is 488 g/mol. The zero-order valence-corrected chi connectivity index (χ0v) is 20.1. The Kier molecular flexibility index (Phi) is 6.95. The van der Waals surface area contributed by atoms with Gasteiger partial charge in [-0.05, 0) is 42.8 Å². The Labute approximate surface area is 208 Å². The summed E-state index contributed by atoms with van der Waals surface area (Å²) in [6, 6.07) is 14.7. The Hall–Kier alpha value is -3.79. The number of nitrogens with one attached hydrogen (secondary N) is 2. The highest BCUT2D eigenvalue weighted by Crippen LogP contribution is 2.30. The van der Waals surface area contributed by atoms with Gasteiger partial charge in [-0.25, -0.2) is 9.97 Å². The van der Waals surface area contributed by atoms with Gasteiger partial charge in [0.25, 0.3) is 0 Å². The van der Waals surface area contributed by atoms with E-state index >= 15 is 0 Å². The van der Waals surface area contributed by atoms with E-state index in [-0.39, 0.29) is 30.6 Å². The Bertz CT molecular complexity index is 1360. The number of aliphatic hydroxyl groups excluding tert-OH is 1. The number of ketones is 1. The summed E-state index contributed by atoms with van der Waals surface area (Å²) < 4.78 is 17.3. The zero-order chi connectivity index (χ0) is 25.1. The fourth-order valence-electron chi connectivity index (χ4n) is 4.51. The lowest BCUT2D eigenvalue weighted by molar-refractivity contribution is -0.0831. The third-order valence-corrected chi connectivity index (χ3v) is 6.42. The highest BCUT2D eigenvalue weighted by Gasteiger charge is 2.32. The van der Waals surface area contributed by atoms with Crippen LogP contribution in [0.1, 0.15) is 27.9 Å². The van der Waals surface area contributed by atoms with Crippen LogP contribution < -0.4 is 10.1 Å². The van der Waals surface area contributed by atoms with E-state index in [2.05, 4.69) is 20.3 Å². The van der Waals surface area contributed by atoms with Crippen molar-refractivity contribution in [2.24, 2.45) is 0 Å². The van der Waals surface area contributed by atoms with Crippen LogP contribution in [0.3, 0.4) is 0 Å². The number of carbonyl (C=O) groups excluding carboxylic acids is 1. The molecule has 0 spiro atoms. The number of aryl methyl sites for hydroxylation is 1. The normalized spacial score (nSPS) is 19.8. The molecule has 1 fully saturated rings. The lowest BCUT2D eigenvalue weighted by Gasteiger charge is -2.35. The zero-order valence-electron chi connectivity index (χ0n) is 20.1. The van der Waals surface area contributed by atoms with Crippen molar-refractivity contribution >= 4 is 22.6 Å². The molecule has 1 aliphatic heterocycles. The lowest BCUT2D eigenvalue weighted by atomic mass is 9.98. The molecule has 1 saturated heterocycles. The van der Waals surface area contributed by atoms with Crippen LogP contribution in [-0.2, 0) is 9.47 Å². The van der Waals surface area contributed by atoms with E-state index in [9.17, 15) is 9.90 Å². The van der Waals surface area contributed by atoms with Gasteiger partial charge < -0.3 is 29.6 Å². The summed E-state index contributed by atoms with van der Waals surface area (Å²) in [5.41, 5.74) is 2.38. The van der Waals surface area contributed by atoms with E-state index in [0.29, 0.717) is 46.8 Å². The molecule has 36 heavy (non-hydrogen) atoms. The maximum Gasteiger partial charge on any atom is 0.195 e. The Balaban J connectivity index is 1.42. The fourth-order valence-corrected chi connectivity index (χ4v) is 4.51. The summed E-state index contributed by atoms with van der Waals surface area (Å²) >= 11 is 0. The standard InChI is InChI=1S/C27H28N4O5/c1-16-10-18(36-17-6-4-3-5-7-17)8-9-20(16)25(33)21-12-28-26-24(21)27(30-15-29-26)31-22-14-35-19(13-32)11-23(22)34-2/h3-10,12,15,19,22-23,32H,11,13-14H2,1-2H3,(H2,28,29,30,31). The van der Waals surface area contributed by atoms with Crippen molar-refractivity contribution in [1.29, 1.82) is 0 Å². The Morgan fingerprint density at radius 1 is 1.17 bits per heavy atom. The van der Waals surface area contributed by atoms with Crippen LogP contribution in [0, 0.1) is 6.92 Å². The van der Waals surface area contributed by atoms with Crippen LogP contribution in [0.25, 0.3) is 11.0 Å². The molecule has 2 aromatic carbocycles. The van der Waals surface area contributed by atoms with Gasteiger partial charge in [0, 0.05) is 25.3 Å². The van der Waals surface area contributed by atoms with E-state index < -0.39 is 0 Å². The number of fused-ring (bicyclic) bond motifs is 1. The molecule has 9 heteroatoms.